The molecular formula is C11H13N3O2S. The van der Waals surface area contributed by atoms with Crippen LogP contribution in [0, 0.1) is 6.92 Å². The van der Waals surface area contributed by atoms with Crippen molar-refractivity contribution in [1.29, 1.82) is 0 Å². The van der Waals surface area contributed by atoms with E-state index in [4.69, 9.17) is 10.8 Å². The van der Waals surface area contributed by atoms with Crippen molar-refractivity contribution in [2.24, 2.45) is 5.73 Å². The van der Waals surface area contributed by atoms with Crippen LogP contribution in [0.5, 0.6) is 0 Å². The minimum absolute atomic E-state index is 0.0762. The van der Waals surface area contributed by atoms with E-state index in [0.29, 0.717) is 0 Å². The lowest BCUT2D eigenvalue weighted by molar-refractivity contribution is -0.137. The zero-order chi connectivity index (χ0) is 12.4. The number of carbonyl (C=O) groups is 1. The van der Waals surface area contributed by atoms with Crippen LogP contribution in [0.2, 0.25) is 0 Å². The van der Waals surface area contributed by atoms with Crippen LogP contribution in [0.1, 0.15) is 23.0 Å². The first-order chi connectivity index (χ1) is 8.08. The molecule has 2 rings (SSSR count). The molecule has 0 saturated heterocycles. The smallest absolute Gasteiger partial charge is 0.305 e. The van der Waals surface area contributed by atoms with E-state index < -0.39 is 12.0 Å². The predicted molar refractivity (Wildman–Crippen MR) is 65.8 cm³/mol. The van der Waals surface area contributed by atoms with Gasteiger partial charge in [-0.2, -0.15) is 0 Å². The van der Waals surface area contributed by atoms with Gasteiger partial charge < -0.3 is 15.8 Å². The fourth-order valence-corrected chi connectivity index (χ4v) is 2.67. The highest BCUT2D eigenvalue weighted by Crippen LogP contribution is 2.31. The van der Waals surface area contributed by atoms with E-state index in [0.717, 1.165) is 21.3 Å². The normalized spacial score (nSPS) is 12.6. The second kappa shape index (κ2) is 4.68. The molecule has 2 heterocycles. The zero-order valence-electron chi connectivity index (χ0n) is 9.30. The third-order valence-electron chi connectivity index (χ3n) is 2.39. The van der Waals surface area contributed by atoms with E-state index in [1.54, 1.807) is 0 Å². The van der Waals surface area contributed by atoms with E-state index >= 15 is 0 Å². The van der Waals surface area contributed by atoms with Crippen molar-refractivity contribution in [2.45, 2.75) is 19.4 Å². The summed E-state index contributed by atoms with van der Waals surface area (Å²) in [6.45, 7) is 1.85. The Bertz CT molecular complexity index is 519. The molecule has 0 fully saturated rings. The van der Waals surface area contributed by atoms with Crippen LogP contribution in [0.3, 0.4) is 0 Å². The summed E-state index contributed by atoms with van der Waals surface area (Å²) in [6.07, 6.45) is 1.75. The lowest BCUT2D eigenvalue weighted by atomic mass is 10.1. The topological polar surface area (TPSA) is 92.0 Å². The molecule has 2 aromatic heterocycles. The van der Waals surface area contributed by atoms with Crippen LogP contribution in [0.4, 0.5) is 0 Å². The number of hydrogen-bond donors (Lipinski definition) is 3. The highest BCUT2D eigenvalue weighted by molar-refractivity contribution is 7.15. The standard InChI is InChI=1S/C11H13N3O2S/c1-6-10(7(12)5-9(15)16)17-11(14-6)8-3-2-4-13-8/h2-4,7,13H,5,12H2,1H3,(H,15,16). The molecule has 90 valence electrons. The van der Waals surface area contributed by atoms with Crippen molar-refractivity contribution in [2.75, 3.05) is 0 Å². The lowest BCUT2D eigenvalue weighted by Crippen LogP contribution is -2.14. The molecule has 5 nitrogen and oxygen atoms in total. The van der Waals surface area contributed by atoms with Gasteiger partial charge in [0.1, 0.15) is 5.01 Å². The Morgan fingerprint density at radius 1 is 1.71 bits per heavy atom. The molecule has 0 amide bonds. The Balaban J connectivity index is 2.28. The van der Waals surface area contributed by atoms with Crippen LogP contribution in [0.15, 0.2) is 18.3 Å². The zero-order valence-corrected chi connectivity index (χ0v) is 10.1. The number of H-pyrrole nitrogens is 1. The Morgan fingerprint density at radius 3 is 3.06 bits per heavy atom. The molecule has 0 saturated carbocycles. The minimum Gasteiger partial charge on any atom is -0.481 e. The Hall–Kier alpha value is -1.66. The molecule has 0 radical (unpaired) electrons. The molecule has 0 aliphatic heterocycles. The van der Waals surface area contributed by atoms with E-state index in [9.17, 15) is 4.79 Å². The van der Waals surface area contributed by atoms with Gasteiger partial charge in [0.05, 0.1) is 23.9 Å². The fourth-order valence-electron chi connectivity index (χ4n) is 1.61. The largest absolute Gasteiger partial charge is 0.481 e. The van der Waals surface area contributed by atoms with Gasteiger partial charge in [-0.3, -0.25) is 4.79 Å². The van der Waals surface area contributed by atoms with E-state index in [2.05, 4.69) is 9.97 Å². The van der Waals surface area contributed by atoms with Crippen molar-refractivity contribution in [1.82, 2.24) is 9.97 Å². The van der Waals surface area contributed by atoms with Crippen LogP contribution in [0.25, 0.3) is 10.7 Å². The minimum atomic E-state index is -0.897. The van der Waals surface area contributed by atoms with Crippen molar-refractivity contribution in [3.63, 3.8) is 0 Å². The van der Waals surface area contributed by atoms with Crippen LogP contribution >= 0.6 is 11.3 Å². The van der Waals surface area contributed by atoms with Gasteiger partial charge in [-0.15, -0.1) is 11.3 Å². The quantitative estimate of drug-likeness (QED) is 0.774. The van der Waals surface area contributed by atoms with Gasteiger partial charge in [-0.05, 0) is 19.1 Å². The third kappa shape index (κ3) is 2.54. The second-order valence-corrected chi connectivity index (χ2v) is 4.79. The van der Waals surface area contributed by atoms with E-state index in [-0.39, 0.29) is 6.42 Å². The SMILES string of the molecule is Cc1nc(-c2ccc[nH]2)sc1C(N)CC(=O)O. The summed E-state index contributed by atoms with van der Waals surface area (Å²) in [7, 11) is 0. The van der Waals surface area contributed by atoms with Gasteiger partial charge in [0.2, 0.25) is 0 Å². The molecule has 1 unspecified atom stereocenters. The maximum Gasteiger partial charge on any atom is 0.305 e. The Kier molecular flexibility index (Phi) is 3.26. The summed E-state index contributed by atoms with van der Waals surface area (Å²) in [5.74, 6) is -0.897. The summed E-state index contributed by atoms with van der Waals surface area (Å²) in [5.41, 5.74) is 7.57. The molecule has 1 atom stereocenters. The second-order valence-electron chi connectivity index (χ2n) is 3.76. The van der Waals surface area contributed by atoms with Gasteiger partial charge in [-0.1, -0.05) is 0 Å². The number of carboxylic acids is 1. The van der Waals surface area contributed by atoms with Crippen LogP contribution in [-0.2, 0) is 4.79 Å². The molecule has 17 heavy (non-hydrogen) atoms. The van der Waals surface area contributed by atoms with Crippen molar-refractivity contribution < 1.29 is 9.90 Å². The van der Waals surface area contributed by atoms with Gasteiger partial charge in [0.25, 0.3) is 0 Å². The number of aryl methyl sites for hydroxylation is 1. The predicted octanol–water partition coefficient (Wildman–Crippen LogP) is 1.92. The average Bonchev–Trinajstić information content (AvgIpc) is 2.84. The summed E-state index contributed by atoms with van der Waals surface area (Å²) < 4.78 is 0. The molecule has 0 aromatic carbocycles. The van der Waals surface area contributed by atoms with Gasteiger partial charge in [0.15, 0.2) is 0 Å². The first-order valence-electron chi connectivity index (χ1n) is 5.16. The van der Waals surface area contributed by atoms with Gasteiger partial charge in [0, 0.05) is 11.1 Å². The van der Waals surface area contributed by atoms with Crippen molar-refractivity contribution in [3.8, 4) is 10.7 Å². The first-order valence-corrected chi connectivity index (χ1v) is 5.98. The van der Waals surface area contributed by atoms with Crippen LogP contribution < -0.4 is 5.73 Å². The van der Waals surface area contributed by atoms with Gasteiger partial charge in [-0.25, -0.2) is 4.98 Å². The highest BCUT2D eigenvalue weighted by atomic mass is 32.1. The lowest BCUT2D eigenvalue weighted by Gasteiger charge is -2.05. The number of aliphatic carboxylic acids is 1. The molecule has 2 aromatic rings. The summed E-state index contributed by atoms with van der Waals surface area (Å²) in [5, 5.41) is 9.56. The summed E-state index contributed by atoms with van der Waals surface area (Å²) in [6, 6.07) is 3.32. The fraction of sp³-hybridized carbons (Fsp3) is 0.273. The number of nitrogens with zero attached hydrogens (tertiary/aromatic N) is 1. The number of carboxylic acid groups (broad SMARTS) is 1. The molecule has 0 aliphatic rings. The van der Waals surface area contributed by atoms with Crippen molar-refractivity contribution >= 4 is 17.3 Å². The number of nitrogens with two attached hydrogens (primary N) is 1. The Labute approximate surface area is 102 Å². The Morgan fingerprint density at radius 2 is 2.47 bits per heavy atom. The molecule has 0 spiro atoms. The average molecular weight is 251 g/mol. The molecular weight excluding hydrogens is 238 g/mol. The van der Waals surface area contributed by atoms with E-state index in [1.807, 2.05) is 25.3 Å². The third-order valence-corrected chi connectivity index (χ3v) is 3.71. The van der Waals surface area contributed by atoms with E-state index in [1.165, 1.54) is 11.3 Å². The maximum atomic E-state index is 10.6. The maximum absolute atomic E-state index is 10.6. The number of aromatic nitrogens is 2. The highest BCUT2D eigenvalue weighted by Gasteiger charge is 2.18. The summed E-state index contributed by atoms with van der Waals surface area (Å²) in [4.78, 5) is 18.9. The number of aromatic amines is 1. The van der Waals surface area contributed by atoms with Gasteiger partial charge >= 0.3 is 5.97 Å². The van der Waals surface area contributed by atoms with Crippen molar-refractivity contribution in [3.05, 3.63) is 28.9 Å². The number of nitrogens with one attached hydrogen (secondary N) is 1. The summed E-state index contributed by atoms with van der Waals surface area (Å²) >= 11 is 1.44. The first kappa shape index (κ1) is 11.8. The number of rotatable bonds is 4. The molecule has 0 aliphatic carbocycles. The monoisotopic (exact) mass is 251 g/mol. The molecule has 6 heteroatoms. The molecule has 0 bridgehead atoms. The number of hydrogen-bond acceptors (Lipinski definition) is 4. The van der Waals surface area contributed by atoms with Crippen LogP contribution in [-0.4, -0.2) is 21.0 Å². The number of thiazole rings is 1. The molecule has 4 N–H and O–H groups in total.